The van der Waals surface area contributed by atoms with Gasteiger partial charge >= 0.3 is 6.18 Å². The van der Waals surface area contributed by atoms with Crippen LogP contribution in [0.5, 0.6) is 5.75 Å². The molecule has 0 saturated heterocycles. The maximum absolute atomic E-state index is 12.9. The fraction of sp³-hybridized carbons (Fsp3) is 0.292. The number of ether oxygens (including phenoxy) is 1. The topological polar surface area (TPSA) is 148 Å². The van der Waals surface area contributed by atoms with Gasteiger partial charge in [-0.3, -0.25) is 14.6 Å². The summed E-state index contributed by atoms with van der Waals surface area (Å²) in [4.78, 5) is 32.7. The van der Waals surface area contributed by atoms with E-state index in [2.05, 4.69) is 20.6 Å². The van der Waals surface area contributed by atoms with Gasteiger partial charge in [0.25, 0.3) is 5.91 Å². The highest BCUT2D eigenvalue weighted by Crippen LogP contribution is 2.29. The van der Waals surface area contributed by atoms with Crippen molar-refractivity contribution in [1.29, 1.82) is 0 Å². The summed E-state index contributed by atoms with van der Waals surface area (Å²) in [5.74, 6) is -0.447. The smallest absolute Gasteiger partial charge is 0.416 e. The van der Waals surface area contributed by atoms with Crippen molar-refractivity contribution in [3.8, 4) is 5.75 Å². The van der Waals surface area contributed by atoms with E-state index in [4.69, 9.17) is 16.2 Å². The number of nitrogens with one attached hydrogen (secondary N) is 3. The Kier molecular flexibility index (Phi) is 8.41. The third-order valence-corrected chi connectivity index (χ3v) is 5.39. The van der Waals surface area contributed by atoms with Crippen molar-refractivity contribution in [2.24, 2.45) is 16.5 Å². The van der Waals surface area contributed by atoms with E-state index >= 15 is 0 Å². The number of nitrogens with two attached hydrogens (primary N) is 2. The van der Waals surface area contributed by atoms with Gasteiger partial charge in [0.15, 0.2) is 5.96 Å². The number of hydrogen-bond donors (Lipinski definition) is 5. The predicted molar refractivity (Wildman–Crippen MR) is 129 cm³/mol. The molecule has 0 unspecified atom stereocenters. The maximum atomic E-state index is 12.9. The number of fused-ring (bicyclic) bond motifs is 1. The minimum absolute atomic E-state index is 0.0105. The number of H-pyrrole nitrogens is 1. The highest BCUT2D eigenvalue weighted by molar-refractivity contribution is 6.00. The number of carbonyl (C=O) groups excluding carboxylic acids is 2. The van der Waals surface area contributed by atoms with Gasteiger partial charge in [-0.25, -0.2) is 0 Å². The molecule has 0 aliphatic heterocycles. The molecule has 36 heavy (non-hydrogen) atoms. The molecule has 0 aliphatic rings. The second kappa shape index (κ2) is 11.5. The number of alkyl halides is 3. The summed E-state index contributed by atoms with van der Waals surface area (Å²) in [5.41, 5.74) is 11.3. The molecule has 0 radical (unpaired) electrons. The highest BCUT2D eigenvalue weighted by atomic mass is 19.4. The van der Waals surface area contributed by atoms with Crippen LogP contribution in [0, 0.1) is 0 Å². The van der Waals surface area contributed by atoms with E-state index in [9.17, 15) is 22.8 Å². The van der Waals surface area contributed by atoms with Crippen LogP contribution in [0.4, 0.5) is 13.2 Å². The van der Waals surface area contributed by atoms with Crippen molar-refractivity contribution >= 4 is 28.7 Å². The Morgan fingerprint density at radius 2 is 1.83 bits per heavy atom. The number of aliphatic imine (C=N–C) groups is 1. The molecule has 0 aliphatic carbocycles. The van der Waals surface area contributed by atoms with Gasteiger partial charge in [0, 0.05) is 24.0 Å². The third-order valence-electron chi connectivity index (χ3n) is 5.39. The summed E-state index contributed by atoms with van der Waals surface area (Å²) >= 11 is 0. The summed E-state index contributed by atoms with van der Waals surface area (Å²) in [6, 6.07) is 10.5. The van der Waals surface area contributed by atoms with E-state index < -0.39 is 29.6 Å². The molecule has 0 spiro atoms. The van der Waals surface area contributed by atoms with Crippen molar-refractivity contribution in [1.82, 2.24) is 15.6 Å². The number of nitrogens with zero attached hydrogens (tertiary/aromatic N) is 1. The van der Waals surface area contributed by atoms with E-state index in [1.165, 1.54) is 19.2 Å². The number of halogens is 3. The zero-order valence-electron chi connectivity index (χ0n) is 19.5. The molecule has 3 aromatic rings. The van der Waals surface area contributed by atoms with E-state index in [0.29, 0.717) is 17.7 Å². The minimum Gasteiger partial charge on any atom is -0.497 e. The molecule has 1 heterocycles. The Morgan fingerprint density at radius 3 is 2.47 bits per heavy atom. The lowest BCUT2D eigenvalue weighted by atomic mass is 10.1. The Labute approximate surface area is 205 Å². The first-order valence-corrected chi connectivity index (χ1v) is 11.0. The van der Waals surface area contributed by atoms with Gasteiger partial charge in [-0.05, 0) is 54.8 Å². The lowest BCUT2D eigenvalue weighted by Gasteiger charge is -2.18. The molecule has 0 bridgehead atoms. The summed E-state index contributed by atoms with van der Waals surface area (Å²) in [7, 11) is 1.54. The summed E-state index contributed by atoms with van der Waals surface area (Å²) < 4.78 is 43.5. The van der Waals surface area contributed by atoms with Crippen LogP contribution in [0.2, 0.25) is 0 Å². The summed E-state index contributed by atoms with van der Waals surface area (Å²) in [5, 5.41) is 6.12. The van der Waals surface area contributed by atoms with Crippen molar-refractivity contribution in [3.05, 3.63) is 65.4 Å². The first-order valence-electron chi connectivity index (χ1n) is 11.0. The summed E-state index contributed by atoms with van der Waals surface area (Å²) in [6.45, 7) is 0.247. The molecular weight excluding hydrogens is 477 g/mol. The van der Waals surface area contributed by atoms with Gasteiger partial charge in [0.1, 0.15) is 17.5 Å². The molecule has 192 valence electrons. The van der Waals surface area contributed by atoms with Crippen molar-refractivity contribution in [2.75, 3.05) is 13.7 Å². The Morgan fingerprint density at radius 1 is 1.11 bits per heavy atom. The number of methoxy groups -OCH3 is 1. The monoisotopic (exact) mass is 504 g/mol. The standard InChI is InChI=1S/C24H27F3N6O3/c1-36-17-8-9-18-15(11-17)12-20(32-18)22(35)33-19(3-2-10-30-23(28)29)21(34)31-13-14-4-6-16(7-5-14)24(25,26)27/h4-9,11-12,19,32H,2-3,10,13H2,1H3,(H,31,34)(H,33,35)(H4,28,29,30)/t19-/m1/s1. The number of benzene rings is 2. The fourth-order valence-corrected chi connectivity index (χ4v) is 3.49. The van der Waals surface area contributed by atoms with Gasteiger partial charge < -0.3 is 31.8 Å². The molecule has 0 saturated carbocycles. The van der Waals surface area contributed by atoms with Crippen molar-refractivity contribution in [3.63, 3.8) is 0 Å². The Hall–Kier alpha value is -4.22. The molecule has 1 atom stereocenters. The molecule has 2 amide bonds. The zero-order chi connectivity index (χ0) is 26.3. The van der Waals surface area contributed by atoms with Gasteiger partial charge in [0.2, 0.25) is 5.91 Å². The number of guanidine groups is 1. The first kappa shape index (κ1) is 26.4. The molecule has 9 nitrogen and oxygen atoms in total. The van der Waals surface area contributed by atoms with Gasteiger partial charge in [-0.2, -0.15) is 13.2 Å². The molecule has 7 N–H and O–H groups in total. The lowest BCUT2D eigenvalue weighted by Crippen LogP contribution is -2.46. The fourth-order valence-electron chi connectivity index (χ4n) is 3.49. The molecular formula is C24H27F3N6O3. The second-order valence-corrected chi connectivity index (χ2v) is 8.02. The molecule has 1 aromatic heterocycles. The summed E-state index contributed by atoms with van der Waals surface area (Å²) in [6.07, 6.45) is -3.81. The van der Waals surface area contributed by atoms with E-state index in [1.54, 1.807) is 24.3 Å². The van der Waals surface area contributed by atoms with E-state index in [-0.39, 0.29) is 31.2 Å². The Bertz CT molecular complexity index is 1230. The first-order chi connectivity index (χ1) is 17.1. The largest absolute Gasteiger partial charge is 0.497 e. The van der Waals surface area contributed by atoms with Gasteiger partial charge in [0.05, 0.1) is 12.7 Å². The number of rotatable bonds is 10. The van der Waals surface area contributed by atoms with Crippen LogP contribution in [0.15, 0.2) is 53.5 Å². The quantitative estimate of drug-likeness (QED) is 0.164. The number of aromatic nitrogens is 1. The van der Waals surface area contributed by atoms with Gasteiger partial charge in [-0.15, -0.1) is 0 Å². The molecule has 2 aromatic carbocycles. The van der Waals surface area contributed by atoms with Crippen LogP contribution in [0.3, 0.4) is 0 Å². The van der Waals surface area contributed by atoms with E-state index in [0.717, 1.165) is 23.0 Å². The highest BCUT2D eigenvalue weighted by Gasteiger charge is 2.30. The Balaban J connectivity index is 1.68. The van der Waals surface area contributed by atoms with Gasteiger partial charge in [-0.1, -0.05) is 12.1 Å². The number of carbonyl (C=O) groups is 2. The number of hydrogen-bond acceptors (Lipinski definition) is 4. The van der Waals surface area contributed by atoms with E-state index in [1.807, 2.05) is 0 Å². The van der Waals surface area contributed by atoms with Crippen LogP contribution in [-0.4, -0.2) is 42.5 Å². The molecule has 3 rings (SSSR count). The van der Waals surface area contributed by atoms with Crippen LogP contribution >= 0.6 is 0 Å². The SMILES string of the molecule is COc1ccc2[nH]c(C(=O)N[C@H](CCCN=C(N)N)C(=O)NCc3ccc(C(F)(F)F)cc3)cc2c1. The predicted octanol–water partition coefficient (Wildman–Crippen LogP) is 2.66. The van der Waals surface area contributed by atoms with Crippen LogP contribution in [0.1, 0.15) is 34.5 Å². The maximum Gasteiger partial charge on any atom is 0.416 e. The van der Waals surface area contributed by atoms with Crippen molar-refractivity contribution in [2.45, 2.75) is 31.6 Å². The minimum atomic E-state index is -4.44. The average Bonchev–Trinajstić information content (AvgIpc) is 3.27. The average molecular weight is 505 g/mol. The molecule has 0 fully saturated rings. The zero-order valence-corrected chi connectivity index (χ0v) is 19.5. The number of amides is 2. The van der Waals surface area contributed by atoms with Crippen molar-refractivity contribution < 1.29 is 27.5 Å². The van der Waals surface area contributed by atoms with Crippen LogP contribution in [-0.2, 0) is 17.5 Å². The lowest BCUT2D eigenvalue weighted by molar-refractivity contribution is -0.137. The van der Waals surface area contributed by atoms with Crippen LogP contribution < -0.4 is 26.8 Å². The number of aromatic amines is 1. The van der Waals surface area contributed by atoms with Crippen LogP contribution in [0.25, 0.3) is 10.9 Å². The normalized spacial score (nSPS) is 12.1. The molecule has 12 heteroatoms. The third kappa shape index (κ3) is 7.14. The second-order valence-electron chi connectivity index (χ2n) is 8.02.